The summed E-state index contributed by atoms with van der Waals surface area (Å²) < 4.78 is 45.9. The zero-order valence-electron chi connectivity index (χ0n) is 33.3. The van der Waals surface area contributed by atoms with Gasteiger partial charge in [0, 0.05) is 23.8 Å². The lowest BCUT2D eigenvalue weighted by molar-refractivity contribution is -0.319. The molecule has 0 aliphatic carbocycles. The summed E-state index contributed by atoms with van der Waals surface area (Å²) in [4.78, 5) is 27.4. The zero-order chi connectivity index (χ0) is 45.4. The first-order valence-corrected chi connectivity index (χ1v) is 19.6. The van der Waals surface area contributed by atoms with Crippen molar-refractivity contribution in [3.05, 3.63) is 82.5 Å². The SMILES string of the molecule is C[C@@H]1O[C@@H](OC[C@H]2O[C@@H](Oc3c(-c4ccc(O)cc4)oc4cc(O[C@@H]5O[C@@H](C)[C@H](O)[C@@H](O)[C@H]5O)cc(O)c4c3=O)[C@H](O)[C@@H](O)[C@H]2OC(=O)C=Cc2ccc(O)cc2)[C@H](O)[C@H](O)[C@H]1O. The fourth-order valence-electron chi connectivity index (χ4n) is 7.14. The van der Waals surface area contributed by atoms with Crippen molar-refractivity contribution >= 4 is 23.0 Å². The van der Waals surface area contributed by atoms with Gasteiger partial charge in [0.1, 0.15) is 88.9 Å². The van der Waals surface area contributed by atoms with Gasteiger partial charge in [-0.25, -0.2) is 4.79 Å². The van der Waals surface area contributed by atoms with E-state index < -0.39 is 127 Å². The number of phenolic OH excluding ortho intramolecular Hbond substituents is 3. The number of aromatic hydroxyl groups is 3. The molecule has 0 unspecified atom stereocenters. The van der Waals surface area contributed by atoms with Crippen LogP contribution in [0.1, 0.15) is 19.4 Å². The van der Waals surface area contributed by atoms with Crippen LogP contribution < -0.4 is 14.9 Å². The number of ether oxygens (including phenoxy) is 7. The normalized spacial score (nSPS) is 33.6. The third-order valence-corrected chi connectivity index (χ3v) is 10.8. The van der Waals surface area contributed by atoms with Crippen molar-refractivity contribution in [1.82, 2.24) is 0 Å². The highest BCUT2D eigenvalue weighted by atomic mass is 16.7. The average molecular weight is 887 g/mol. The van der Waals surface area contributed by atoms with Crippen LogP contribution in [0.2, 0.25) is 0 Å². The van der Waals surface area contributed by atoms with E-state index in [1.54, 1.807) is 0 Å². The number of hydrogen-bond donors (Lipinski definition) is 11. The van der Waals surface area contributed by atoms with E-state index in [9.17, 15) is 65.8 Å². The van der Waals surface area contributed by atoms with E-state index in [4.69, 9.17) is 37.6 Å². The summed E-state index contributed by atoms with van der Waals surface area (Å²) >= 11 is 0. The Morgan fingerprint density at radius 1 is 0.667 bits per heavy atom. The van der Waals surface area contributed by atoms with Gasteiger partial charge in [0.15, 0.2) is 18.2 Å². The maximum atomic E-state index is 14.3. The Balaban J connectivity index is 1.21. The number of benzene rings is 3. The minimum absolute atomic E-state index is 0.0202. The zero-order valence-corrected chi connectivity index (χ0v) is 33.3. The Morgan fingerprint density at radius 3 is 1.86 bits per heavy atom. The molecule has 4 aromatic rings. The molecule has 3 aliphatic heterocycles. The van der Waals surface area contributed by atoms with Crippen molar-refractivity contribution in [1.29, 1.82) is 0 Å². The third-order valence-electron chi connectivity index (χ3n) is 10.8. The minimum Gasteiger partial charge on any atom is -0.508 e. The van der Waals surface area contributed by atoms with Gasteiger partial charge in [0.25, 0.3) is 0 Å². The molecular formula is C42H46O21. The third kappa shape index (κ3) is 9.60. The molecule has 1 aromatic heterocycles. The van der Waals surface area contributed by atoms with Gasteiger partial charge in [-0.2, -0.15) is 0 Å². The summed E-state index contributed by atoms with van der Waals surface area (Å²) in [6.45, 7) is 2.13. The lowest BCUT2D eigenvalue weighted by Crippen LogP contribution is -2.62. The molecule has 3 fully saturated rings. The standard InChI is InChI=1S/C42H46O21/c1-16-28(47)31(50)34(53)40(57-16)56-15-25-38(62-26(46)12-5-18-3-8-20(43)9-4-18)33(52)36(55)42(61-25)63-39-30(49)27-23(45)13-22(59-41-35(54)32(51)29(48)17(2)58-41)14-24(27)60-37(39)19-6-10-21(44)11-7-19/h3-14,16-17,25,28-29,31-36,38,40-45,47-48,50-55H,15H2,1-2H3/t16-,17-,25+,28-,29-,31+,32+,33+,34+,35+,36+,38-,40+,41-,42-/m0/s1. The predicted molar refractivity (Wildman–Crippen MR) is 211 cm³/mol. The van der Waals surface area contributed by atoms with Gasteiger partial charge < -0.3 is 93.7 Å². The number of carbonyl (C=O) groups is 1. The lowest BCUT2D eigenvalue weighted by Gasteiger charge is -2.43. The molecule has 63 heavy (non-hydrogen) atoms. The van der Waals surface area contributed by atoms with Gasteiger partial charge in [-0.05, 0) is 61.9 Å². The Labute approximate surface area is 356 Å². The van der Waals surface area contributed by atoms with Crippen molar-refractivity contribution in [2.75, 3.05) is 6.61 Å². The second-order valence-corrected chi connectivity index (χ2v) is 15.2. The van der Waals surface area contributed by atoms with E-state index in [2.05, 4.69) is 0 Å². The second kappa shape index (κ2) is 18.8. The highest BCUT2D eigenvalue weighted by molar-refractivity contribution is 5.88. The summed E-state index contributed by atoms with van der Waals surface area (Å²) in [6.07, 6.45) is -22.0. The summed E-state index contributed by atoms with van der Waals surface area (Å²) in [5.41, 5.74) is -0.796. The maximum Gasteiger partial charge on any atom is 0.331 e. The average Bonchev–Trinajstić information content (AvgIpc) is 3.25. The summed E-state index contributed by atoms with van der Waals surface area (Å²) in [5.74, 6) is -3.26. The van der Waals surface area contributed by atoms with E-state index in [1.165, 1.54) is 68.5 Å². The fourth-order valence-corrected chi connectivity index (χ4v) is 7.14. The van der Waals surface area contributed by atoms with Gasteiger partial charge >= 0.3 is 5.97 Å². The number of carbonyl (C=O) groups excluding carboxylic acids is 1. The number of aliphatic hydroxyl groups is 8. The number of esters is 1. The number of aliphatic hydroxyl groups excluding tert-OH is 8. The molecule has 3 aromatic carbocycles. The summed E-state index contributed by atoms with van der Waals surface area (Å²) in [5, 5.41) is 115. The highest BCUT2D eigenvalue weighted by Crippen LogP contribution is 2.39. The first-order chi connectivity index (χ1) is 29.9. The van der Waals surface area contributed by atoms with Gasteiger partial charge in [-0.15, -0.1) is 0 Å². The van der Waals surface area contributed by atoms with E-state index in [-0.39, 0.29) is 34.2 Å². The van der Waals surface area contributed by atoms with Crippen molar-refractivity contribution in [3.63, 3.8) is 0 Å². The van der Waals surface area contributed by atoms with Gasteiger partial charge in [0.05, 0.1) is 18.8 Å². The van der Waals surface area contributed by atoms with Crippen LogP contribution in [0.5, 0.6) is 28.7 Å². The van der Waals surface area contributed by atoms with E-state index in [0.29, 0.717) is 5.56 Å². The molecule has 3 saturated heterocycles. The molecule has 21 nitrogen and oxygen atoms in total. The van der Waals surface area contributed by atoms with Crippen molar-refractivity contribution < 1.29 is 98.5 Å². The molecule has 15 atom stereocenters. The molecule has 340 valence electrons. The molecule has 0 radical (unpaired) electrons. The molecule has 0 saturated carbocycles. The van der Waals surface area contributed by atoms with Gasteiger partial charge in [0.2, 0.25) is 23.8 Å². The Hall–Kier alpha value is -5.40. The van der Waals surface area contributed by atoms with E-state index >= 15 is 0 Å². The molecule has 0 bridgehead atoms. The van der Waals surface area contributed by atoms with Crippen LogP contribution >= 0.6 is 0 Å². The van der Waals surface area contributed by atoms with Crippen LogP contribution in [0.4, 0.5) is 0 Å². The molecule has 3 aliphatic rings. The van der Waals surface area contributed by atoms with Gasteiger partial charge in [-0.1, -0.05) is 12.1 Å². The molecule has 21 heteroatoms. The Kier molecular flexibility index (Phi) is 13.6. The second-order valence-electron chi connectivity index (χ2n) is 15.2. The number of rotatable bonds is 11. The molecule has 11 N–H and O–H groups in total. The van der Waals surface area contributed by atoms with Gasteiger partial charge in [-0.3, -0.25) is 4.79 Å². The molecule has 7 rings (SSSR count). The number of phenols is 3. The molecular weight excluding hydrogens is 840 g/mol. The van der Waals surface area contributed by atoms with Crippen molar-refractivity contribution in [2.45, 2.75) is 106 Å². The summed E-state index contributed by atoms with van der Waals surface area (Å²) in [6, 6.07) is 13.0. The Morgan fingerprint density at radius 2 is 1.22 bits per heavy atom. The highest BCUT2D eigenvalue weighted by Gasteiger charge is 2.50. The van der Waals surface area contributed by atoms with Crippen LogP contribution in [0, 0.1) is 0 Å². The van der Waals surface area contributed by atoms with Crippen molar-refractivity contribution in [3.8, 4) is 40.1 Å². The van der Waals surface area contributed by atoms with Crippen LogP contribution in [0.15, 0.2) is 76.0 Å². The van der Waals surface area contributed by atoms with Crippen LogP contribution in [-0.2, 0) is 28.5 Å². The minimum atomic E-state index is -2.10. The maximum absolute atomic E-state index is 14.3. The number of hydrogen-bond acceptors (Lipinski definition) is 21. The largest absolute Gasteiger partial charge is 0.508 e. The van der Waals surface area contributed by atoms with Crippen molar-refractivity contribution in [2.24, 2.45) is 0 Å². The monoisotopic (exact) mass is 886 g/mol. The topological polar surface area (TPSA) is 334 Å². The fraction of sp³-hybridized carbons (Fsp3) is 0.429. The molecule has 0 amide bonds. The van der Waals surface area contributed by atoms with E-state index in [0.717, 1.165) is 18.2 Å². The smallest absolute Gasteiger partial charge is 0.331 e. The molecule has 4 heterocycles. The first-order valence-electron chi connectivity index (χ1n) is 19.6. The summed E-state index contributed by atoms with van der Waals surface area (Å²) in [7, 11) is 0. The molecule has 0 spiro atoms. The Bertz CT molecular complexity index is 2320. The first kappa shape index (κ1) is 45.6. The predicted octanol–water partition coefficient (Wildman–Crippen LogP) is -0.922. The van der Waals surface area contributed by atoms with Crippen LogP contribution in [-0.4, -0.2) is 161 Å². The lowest BCUT2D eigenvalue weighted by atomic mass is 9.98. The van der Waals surface area contributed by atoms with E-state index in [1.807, 2.05) is 0 Å². The van der Waals surface area contributed by atoms with Crippen LogP contribution in [0.3, 0.4) is 0 Å². The number of fused-ring (bicyclic) bond motifs is 1. The quantitative estimate of drug-likeness (QED) is 0.0641. The van der Waals surface area contributed by atoms with Crippen LogP contribution in [0.25, 0.3) is 28.4 Å².